The Morgan fingerprint density at radius 1 is 1.07 bits per heavy atom. The molecule has 18 heteroatoms. The van der Waals surface area contributed by atoms with Crippen LogP contribution in [0.4, 0.5) is 4.79 Å². The Labute approximate surface area is 416 Å². The lowest BCUT2D eigenvalue weighted by Crippen LogP contribution is -2.63. The summed E-state index contributed by atoms with van der Waals surface area (Å²) in [4.78, 5) is 89.5. The summed E-state index contributed by atoms with van der Waals surface area (Å²) < 4.78 is 20.5. The van der Waals surface area contributed by atoms with Crippen LogP contribution in [0.2, 0.25) is 0 Å². The van der Waals surface area contributed by atoms with Gasteiger partial charge in [-0.15, -0.1) is 0 Å². The fraction of sp³-hybridized carbons (Fsp3) is 0.547. The first kappa shape index (κ1) is 51.1. The van der Waals surface area contributed by atoms with Gasteiger partial charge in [-0.2, -0.15) is 0 Å². The lowest BCUT2D eigenvalue weighted by molar-refractivity contribution is -0.155. The van der Waals surface area contributed by atoms with Gasteiger partial charge in [0.25, 0.3) is 5.91 Å². The van der Waals surface area contributed by atoms with Crippen LogP contribution in [-0.2, 0) is 52.8 Å². The topological polar surface area (TPSA) is 194 Å². The highest BCUT2D eigenvalue weighted by Crippen LogP contribution is 2.42. The number of carbonyl (C=O) groups excluding carboxylic acids is 5. The molecule has 1 spiro atoms. The Hall–Kier alpha value is -6.24. The number of methoxy groups -OCH3 is 1. The second-order valence-corrected chi connectivity index (χ2v) is 20.6. The van der Waals surface area contributed by atoms with E-state index in [0.29, 0.717) is 82.8 Å². The van der Waals surface area contributed by atoms with Crippen molar-refractivity contribution in [3.63, 3.8) is 0 Å². The second kappa shape index (κ2) is 21.2. The lowest BCUT2D eigenvalue weighted by atomic mass is 9.84. The minimum atomic E-state index is -1.16. The molecule has 4 aromatic rings. The van der Waals surface area contributed by atoms with E-state index in [-0.39, 0.29) is 43.5 Å². The van der Waals surface area contributed by atoms with Gasteiger partial charge in [0.2, 0.25) is 11.8 Å². The monoisotopic (exact) mass is 975 g/mol. The Balaban J connectivity index is 1.12. The summed E-state index contributed by atoms with van der Waals surface area (Å²) in [6.07, 6.45) is 8.66. The molecule has 0 saturated carbocycles. The number of benzene rings is 1. The van der Waals surface area contributed by atoms with Crippen molar-refractivity contribution in [3.05, 3.63) is 78.5 Å². The van der Waals surface area contributed by atoms with Crippen LogP contribution >= 0.6 is 0 Å². The summed E-state index contributed by atoms with van der Waals surface area (Å²) in [7, 11) is 3.29. The predicted molar refractivity (Wildman–Crippen MR) is 267 cm³/mol. The number of nitrogens with zero attached hydrogens (tertiary/aromatic N) is 8. The number of ether oxygens (including phenoxy) is 3. The van der Waals surface area contributed by atoms with E-state index < -0.39 is 46.9 Å². The van der Waals surface area contributed by atoms with E-state index in [1.807, 2.05) is 32.9 Å². The van der Waals surface area contributed by atoms with E-state index in [9.17, 15) is 24.0 Å². The number of hydrazine groups is 1. The molecule has 0 radical (unpaired) electrons. The summed E-state index contributed by atoms with van der Waals surface area (Å²) >= 11 is 0. The van der Waals surface area contributed by atoms with Crippen LogP contribution in [0.1, 0.15) is 90.3 Å². The first-order chi connectivity index (χ1) is 34.0. The molecule has 4 aliphatic heterocycles. The number of nitrogens with one attached hydrogen (secondary N) is 2. The van der Waals surface area contributed by atoms with E-state index >= 15 is 0 Å². The number of urea groups is 1. The van der Waals surface area contributed by atoms with Crippen molar-refractivity contribution < 1.29 is 38.2 Å². The van der Waals surface area contributed by atoms with Crippen molar-refractivity contribution in [2.75, 3.05) is 60.1 Å². The predicted octanol–water partition coefficient (Wildman–Crippen LogP) is 5.49. The molecule has 0 aliphatic carbocycles. The van der Waals surface area contributed by atoms with Crippen molar-refractivity contribution in [2.24, 2.45) is 11.3 Å². The van der Waals surface area contributed by atoms with Gasteiger partial charge in [-0.05, 0) is 87.8 Å². The van der Waals surface area contributed by atoms with Crippen molar-refractivity contribution in [2.45, 2.75) is 116 Å². The molecule has 380 valence electrons. The normalized spacial score (nSPS) is 21.3. The van der Waals surface area contributed by atoms with Crippen LogP contribution in [0, 0.1) is 11.3 Å². The van der Waals surface area contributed by atoms with Crippen LogP contribution in [0.15, 0.2) is 61.6 Å². The average molecular weight is 975 g/mol. The van der Waals surface area contributed by atoms with Crippen LogP contribution in [0.25, 0.3) is 33.4 Å². The maximum Gasteiger partial charge on any atom is 0.324 e. The number of likely N-dealkylation sites (tertiary alicyclic amines) is 1. The van der Waals surface area contributed by atoms with Crippen LogP contribution in [0.3, 0.4) is 0 Å². The molecule has 0 unspecified atom stereocenters. The van der Waals surface area contributed by atoms with E-state index in [1.54, 1.807) is 42.5 Å². The van der Waals surface area contributed by atoms with E-state index in [1.165, 1.54) is 16.0 Å². The minimum absolute atomic E-state index is 0.0275. The summed E-state index contributed by atoms with van der Waals surface area (Å²) in [6.45, 7) is 18.8. The highest BCUT2D eigenvalue weighted by molar-refractivity contribution is 5.95. The number of aryl methyl sites for hydroxylation is 1. The molecule has 6 bridgehead atoms. The van der Waals surface area contributed by atoms with E-state index in [4.69, 9.17) is 24.2 Å². The minimum Gasteiger partial charge on any atom is -0.464 e. The fourth-order valence-electron chi connectivity index (χ4n) is 10.8. The molecule has 5 amide bonds. The first-order valence-electron chi connectivity index (χ1n) is 25.0. The molecule has 8 rings (SSSR count). The zero-order chi connectivity index (χ0) is 50.8. The van der Waals surface area contributed by atoms with Crippen LogP contribution in [-0.4, -0.2) is 153 Å². The third-order valence-corrected chi connectivity index (χ3v) is 14.6. The fourth-order valence-corrected chi connectivity index (χ4v) is 10.8. The number of rotatable bonds is 9. The standard InChI is InChI=1S/C53H70N10O8/c1-10-44(64)61-24-25-71-53(31-61)18-22-60(23-19-53)51(68)59(8)46(33(3)4)48(65)57-41-27-36-29-54-30-42(56-36)35-16-17-43-38(26-35)39(47(62(43)11-2)37-14-12-20-55-45(37)34(5)69-9)28-52(6,7)32-70-50(67)40-15-13-21-63(58-40)49(41)66/h10,12,14,16-17,20,26,29-30,33-34,40-41,46,58H,1,11,13,15,18-19,21-25,27-28,31-32H2,2-9H3,(H,57,65)/t34-,40-,41-,46-/m0/s1. The van der Waals surface area contributed by atoms with Gasteiger partial charge in [-0.3, -0.25) is 34.2 Å². The first-order valence-corrected chi connectivity index (χ1v) is 25.0. The van der Waals surface area contributed by atoms with E-state index in [2.05, 4.69) is 65.8 Å². The van der Waals surface area contributed by atoms with Crippen molar-refractivity contribution >= 4 is 40.6 Å². The number of piperidine rings is 1. The van der Waals surface area contributed by atoms with Gasteiger partial charge in [-0.1, -0.05) is 40.3 Å². The summed E-state index contributed by atoms with van der Waals surface area (Å²) in [5, 5.41) is 5.44. The number of aromatic nitrogens is 4. The number of hydrogen-bond acceptors (Lipinski definition) is 12. The molecular weight excluding hydrogens is 905 g/mol. The molecule has 7 heterocycles. The third kappa shape index (κ3) is 10.7. The van der Waals surface area contributed by atoms with Gasteiger partial charge < -0.3 is 38.8 Å². The van der Waals surface area contributed by atoms with Gasteiger partial charge in [0, 0.05) is 93.1 Å². The second-order valence-electron chi connectivity index (χ2n) is 20.6. The number of likely N-dealkylation sites (N-methyl/N-ethyl adjacent to an activating group) is 1. The number of pyridine rings is 1. The number of cyclic esters (lactones) is 1. The number of esters is 1. The van der Waals surface area contributed by atoms with Gasteiger partial charge in [0.15, 0.2) is 0 Å². The molecule has 1 aromatic carbocycles. The Bertz CT molecular complexity index is 2660. The SMILES string of the molecule is C=CC(=O)N1CCOC2(CCN(C(=O)N(C)[C@H](C(=O)N[C@H]3Cc4cncc(n4)-c4ccc5c(c4)c(c(-c4cccnc4[C@H](C)OC)n5CC)CC(C)(C)COC(=O)[C@@H]4CCCN(N4)C3=O)C(C)C)CC2)C1. The number of morpholine rings is 1. The number of fused-ring (bicyclic) bond motifs is 6. The number of hydrogen-bond donors (Lipinski definition) is 2. The Morgan fingerprint density at radius 2 is 1.85 bits per heavy atom. The highest BCUT2D eigenvalue weighted by atomic mass is 16.5. The molecule has 4 aliphatic rings. The average Bonchev–Trinajstić information content (AvgIpc) is 3.67. The lowest BCUT2D eigenvalue weighted by Gasteiger charge is -2.47. The largest absolute Gasteiger partial charge is 0.464 e. The van der Waals surface area contributed by atoms with Crippen molar-refractivity contribution in [1.82, 2.24) is 50.0 Å². The smallest absolute Gasteiger partial charge is 0.324 e. The van der Waals surface area contributed by atoms with Crippen molar-refractivity contribution in [3.8, 4) is 22.5 Å². The van der Waals surface area contributed by atoms with Gasteiger partial charge >= 0.3 is 12.0 Å². The quantitative estimate of drug-likeness (QED) is 0.159. The van der Waals surface area contributed by atoms with Gasteiger partial charge in [0.05, 0.1) is 60.4 Å². The zero-order valence-corrected chi connectivity index (χ0v) is 42.5. The van der Waals surface area contributed by atoms with Crippen LogP contribution in [0.5, 0.6) is 0 Å². The zero-order valence-electron chi connectivity index (χ0n) is 42.5. The van der Waals surface area contributed by atoms with Gasteiger partial charge in [-0.25, -0.2) is 15.2 Å². The molecule has 3 fully saturated rings. The third-order valence-electron chi connectivity index (χ3n) is 14.6. The number of amides is 5. The molecule has 71 heavy (non-hydrogen) atoms. The Kier molecular flexibility index (Phi) is 15.3. The van der Waals surface area contributed by atoms with Crippen LogP contribution < -0.4 is 10.7 Å². The van der Waals surface area contributed by atoms with Gasteiger partial charge in [0.1, 0.15) is 18.1 Å². The molecular formula is C53H70N10O8. The molecule has 18 nitrogen and oxygen atoms in total. The molecule has 3 aromatic heterocycles. The van der Waals surface area contributed by atoms with E-state index in [0.717, 1.165) is 39.0 Å². The highest BCUT2D eigenvalue weighted by Gasteiger charge is 2.44. The summed E-state index contributed by atoms with van der Waals surface area (Å²) in [5.41, 5.74) is 8.78. The molecule has 2 N–H and O–H groups in total. The number of carbonyl (C=O) groups is 5. The maximum absolute atomic E-state index is 14.8. The molecule has 3 saturated heterocycles. The van der Waals surface area contributed by atoms with Crippen molar-refractivity contribution in [1.29, 1.82) is 0 Å². The summed E-state index contributed by atoms with van der Waals surface area (Å²) in [6, 6.07) is 7.02. The maximum atomic E-state index is 14.8. The summed E-state index contributed by atoms with van der Waals surface area (Å²) in [5.74, 6) is -1.93. The Morgan fingerprint density at radius 3 is 2.56 bits per heavy atom. The molecule has 4 atom stereocenters.